The van der Waals surface area contributed by atoms with Crippen LogP contribution in [-0.2, 0) is 20.4 Å². The van der Waals surface area contributed by atoms with Gasteiger partial charge in [0, 0.05) is 28.8 Å². The van der Waals surface area contributed by atoms with Gasteiger partial charge in [-0.1, -0.05) is 83.0 Å². The Labute approximate surface area is 316 Å². The van der Waals surface area contributed by atoms with Gasteiger partial charge in [-0.05, 0) is 97.0 Å². The van der Waals surface area contributed by atoms with Crippen LogP contribution in [0.3, 0.4) is 0 Å². The summed E-state index contributed by atoms with van der Waals surface area (Å²) in [7, 11) is 0. The van der Waals surface area contributed by atoms with Crippen LogP contribution < -0.4 is 4.74 Å². The number of hydrogen-bond acceptors (Lipinski definition) is 3. The second-order valence-corrected chi connectivity index (χ2v) is 14.6. The van der Waals surface area contributed by atoms with Crippen LogP contribution in [0.4, 0.5) is 0 Å². The van der Waals surface area contributed by atoms with Crippen LogP contribution in [-0.4, -0.2) is 19.3 Å². The molecule has 0 amide bonds. The SMILES string of the molecule is Cc1cc(C)c(-c2c(C)nn(-c3[c-]c(Oc4[c-]c5c(cc4)c4ccccc4n5-c4cc(C(C)C)ccn4)cc(C(C)C)c3)c2C(C)C)c(C)c1.[Pd+2]. The molecule has 3 heterocycles. The minimum absolute atomic E-state index is 0. The number of aromatic nitrogens is 4. The maximum absolute atomic E-state index is 6.68. The van der Waals surface area contributed by atoms with Gasteiger partial charge in [0.2, 0.25) is 0 Å². The summed E-state index contributed by atoms with van der Waals surface area (Å²) < 4.78 is 11.0. The van der Waals surface area contributed by atoms with Gasteiger partial charge in [-0.3, -0.25) is 4.68 Å². The van der Waals surface area contributed by atoms with Crippen molar-refractivity contribution in [1.82, 2.24) is 19.3 Å². The summed E-state index contributed by atoms with van der Waals surface area (Å²) in [4.78, 5) is 4.81. The number of para-hydroxylation sites is 1. The third-order valence-corrected chi connectivity index (χ3v) is 9.76. The average molecular weight is 765 g/mol. The zero-order chi connectivity index (χ0) is 35.4. The Kier molecular flexibility index (Phi) is 10.1. The molecule has 0 bridgehead atoms. The summed E-state index contributed by atoms with van der Waals surface area (Å²) in [5.41, 5.74) is 13.8. The van der Waals surface area contributed by atoms with Crippen LogP contribution in [0.2, 0.25) is 0 Å². The number of aryl methyl sites for hydroxylation is 4. The van der Waals surface area contributed by atoms with Crippen LogP contribution in [0.5, 0.6) is 11.5 Å². The summed E-state index contributed by atoms with van der Waals surface area (Å²) in [5.74, 6) is 3.03. The topological polar surface area (TPSA) is 44.9 Å². The van der Waals surface area contributed by atoms with E-state index in [1.807, 2.05) is 12.3 Å². The van der Waals surface area contributed by atoms with Crippen molar-refractivity contribution in [2.24, 2.45) is 0 Å². The van der Waals surface area contributed by atoms with E-state index >= 15 is 0 Å². The fraction of sp³-hybridized carbons (Fsp3) is 0.289. The molecule has 262 valence electrons. The zero-order valence-electron chi connectivity index (χ0n) is 31.3. The number of nitrogens with zero attached hydrogens (tertiary/aromatic N) is 4. The Hall–Kier alpha value is -4.50. The van der Waals surface area contributed by atoms with E-state index in [1.165, 1.54) is 39.1 Å². The Morgan fingerprint density at radius 2 is 1.37 bits per heavy atom. The Morgan fingerprint density at radius 3 is 2.06 bits per heavy atom. The van der Waals surface area contributed by atoms with Gasteiger partial charge in [-0.2, -0.15) is 11.2 Å². The van der Waals surface area contributed by atoms with Crippen LogP contribution >= 0.6 is 0 Å². The quantitative estimate of drug-likeness (QED) is 0.114. The first-order valence-corrected chi connectivity index (χ1v) is 17.8. The summed E-state index contributed by atoms with van der Waals surface area (Å²) >= 11 is 0. The van der Waals surface area contributed by atoms with Gasteiger partial charge >= 0.3 is 20.4 Å². The Morgan fingerprint density at radius 1 is 0.667 bits per heavy atom. The molecule has 51 heavy (non-hydrogen) atoms. The molecular weight excluding hydrogens is 719 g/mol. The van der Waals surface area contributed by atoms with Gasteiger partial charge in [0.1, 0.15) is 5.82 Å². The second kappa shape index (κ2) is 14.3. The fourth-order valence-electron chi connectivity index (χ4n) is 7.40. The minimum Gasteiger partial charge on any atom is -0.509 e. The van der Waals surface area contributed by atoms with Crippen LogP contribution in [0.1, 0.15) is 98.5 Å². The maximum atomic E-state index is 6.68. The molecule has 0 radical (unpaired) electrons. The Balaban J connectivity index is 0.00000448. The first kappa shape index (κ1) is 36.3. The molecule has 0 fully saturated rings. The average Bonchev–Trinajstić information content (AvgIpc) is 3.58. The predicted octanol–water partition coefficient (Wildman–Crippen LogP) is 12.0. The monoisotopic (exact) mass is 764 g/mol. The smallest absolute Gasteiger partial charge is 0.509 e. The molecular formula is C45H46N4OPd. The number of fused-ring (bicyclic) bond motifs is 3. The van der Waals surface area contributed by atoms with E-state index in [2.05, 4.69) is 157 Å². The van der Waals surface area contributed by atoms with E-state index in [4.69, 9.17) is 14.8 Å². The summed E-state index contributed by atoms with van der Waals surface area (Å²) in [6.07, 6.45) is 1.90. The van der Waals surface area contributed by atoms with E-state index in [9.17, 15) is 0 Å². The van der Waals surface area contributed by atoms with E-state index in [-0.39, 0.29) is 32.3 Å². The maximum Gasteiger partial charge on any atom is 2.00 e. The van der Waals surface area contributed by atoms with Gasteiger partial charge in [-0.25, -0.2) is 4.98 Å². The molecule has 0 spiro atoms. The first-order valence-electron chi connectivity index (χ1n) is 17.8. The van der Waals surface area contributed by atoms with Crippen molar-refractivity contribution in [1.29, 1.82) is 0 Å². The molecule has 6 heteroatoms. The molecule has 0 unspecified atom stereocenters. The molecule has 0 aliphatic carbocycles. The van der Waals surface area contributed by atoms with E-state index < -0.39 is 0 Å². The molecule has 0 atom stereocenters. The number of benzene rings is 4. The third-order valence-electron chi connectivity index (χ3n) is 9.76. The summed E-state index contributed by atoms with van der Waals surface area (Å²) in [5, 5.41) is 7.43. The minimum atomic E-state index is 0. The normalized spacial score (nSPS) is 11.7. The van der Waals surface area contributed by atoms with Crippen LogP contribution in [0.25, 0.3) is 44.4 Å². The molecule has 0 aliphatic heterocycles. The molecule has 0 aliphatic rings. The molecule has 0 saturated carbocycles. The van der Waals surface area contributed by atoms with Crippen molar-refractivity contribution < 1.29 is 25.2 Å². The zero-order valence-corrected chi connectivity index (χ0v) is 32.8. The summed E-state index contributed by atoms with van der Waals surface area (Å²) in [6.45, 7) is 22.0. The fourth-order valence-corrected chi connectivity index (χ4v) is 7.40. The third kappa shape index (κ3) is 6.68. The largest absolute Gasteiger partial charge is 2.00 e. The van der Waals surface area contributed by atoms with E-state index in [0.717, 1.165) is 44.6 Å². The van der Waals surface area contributed by atoms with Gasteiger partial charge < -0.3 is 9.30 Å². The molecule has 7 rings (SSSR count). The van der Waals surface area contributed by atoms with Crippen molar-refractivity contribution in [3.05, 3.63) is 130 Å². The number of ether oxygens (including phenoxy) is 1. The molecule has 5 nitrogen and oxygen atoms in total. The summed E-state index contributed by atoms with van der Waals surface area (Å²) in [6, 6.07) is 32.9. The van der Waals surface area contributed by atoms with Crippen molar-refractivity contribution in [3.8, 4) is 34.1 Å². The predicted molar refractivity (Wildman–Crippen MR) is 207 cm³/mol. The van der Waals surface area contributed by atoms with Gasteiger partial charge in [-0.15, -0.1) is 41.3 Å². The molecule has 3 aromatic heterocycles. The molecule has 0 saturated heterocycles. The van der Waals surface area contributed by atoms with Gasteiger partial charge in [0.15, 0.2) is 0 Å². The number of rotatable bonds is 8. The molecule has 7 aromatic rings. The second-order valence-electron chi connectivity index (χ2n) is 14.6. The standard InChI is InChI=1S/C45H46N4O.Pd/c1-26(2)33-17-18-46-42(23-33)48-40-14-12-11-13-38(40)39-16-15-36(25-41(39)48)50-37-22-34(27(3)4)21-35(24-37)49-45(28(5)6)44(32(10)47-49)43-30(8)19-29(7)20-31(43)9;/h11-23,26-28H,1-10H3;/q-2;+2. The van der Waals surface area contributed by atoms with Crippen molar-refractivity contribution >= 4 is 21.8 Å². The van der Waals surface area contributed by atoms with Crippen molar-refractivity contribution in [2.45, 2.75) is 87.0 Å². The first-order chi connectivity index (χ1) is 23.9. The van der Waals surface area contributed by atoms with E-state index in [1.54, 1.807) is 0 Å². The number of pyridine rings is 1. The van der Waals surface area contributed by atoms with Gasteiger partial charge in [0.25, 0.3) is 0 Å². The van der Waals surface area contributed by atoms with Crippen molar-refractivity contribution in [2.75, 3.05) is 0 Å². The van der Waals surface area contributed by atoms with Crippen LogP contribution in [0, 0.1) is 39.8 Å². The van der Waals surface area contributed by atoms with Crippen molar-refractivity contribution in [3.63, 3.8) is 0 Å². The van der Waals surface area contributed by atoms with Crippen LogP contribution in [0.15, 0.2) is 79.0 Å². The van der Waals surface area contributed by atoms with E-state index in [0.29, 0.717) is 17.4 Å². The molecule has 4 aromatic carbocycles. The van der Waals surface area contributed by atoms with Gasteiger partial charge in [0.05, 0.1) is 11.4 Å². The Bertz CT molecular complexity index is 2370. The number of hydrogen-bond donors (Lipinski definition) is 0. The molecule has 0 N–H and O–H groups in total.